The van der Waals surface area contributed by atoms with E-state index in [9.17, 15) is 9.18 Å². The summed E-state index contributed by atoms with van der Waals surface area (Å²) in [5.41, 5.74) is 4.41. The predicted octanol–water partition coefficient (Wildman–Crippen LogP) is 3.39. The molecule has 5 nitrogen and oxygen atoms in total. The van der Waals surface area contributed by atoms with Crippen LogP contribution in [0.5, 0.6) is 5.75 Å². The Morgan fingerprint density at radius 3 is 2.52 bits per heavy atom. The van der Waals surface area contributed by atoms with Crippen molar-refractivity contribution in [3.63, 3.8) is 0 Å². The van der Waals surface area contributed by atoms with Crippen molar-refractivity contribution in [1.29, 1.82) is 0 Å². The summed E-state index contributed by atoms with van der Waals surface area (Å²) in [7, 11) is 1.60. The minimum absolute atomic E-state index is 0.328. The van der Waals surface area contributed by atoms with Gasteiger partial charge in [0, 0.05) is 11.9 Å². The van der Waals surface area contributed by atoms with E-state index in [4.69, 9.17) is 4.74 Å². The molecule has 0 aliphatic carbocycles. The molecule has 2 aromatic carbocycles. The fraction of sp³-hybridized carbons (Fsp3) is 0.0526. The molecule has 0 bridgehead atoms. The number of rotatable bonds is 5. The second-order valence-electron chi connectivity index (χ2n) is 5.21. The van der Waals surface area contributed by atoms with E-state index < -0.39 is 0 Å². The van der Waals surface area contributed by atoms with Crippen LogP contribution in [0.3, 0.4) is 0 Å². The monoisotopic (exact) mass is 337 g/mol. The van der Waals surface area contributed by atoms with Gasteiger partial charge in [-0.2, -0.15) is 5.10 Å². The van der Waals surface area contributed by atoms with Crippen LogP contribution >= 0.6 is 0 Å². The van der Waals surface area contributed by atoms with Gasteiger partial charge in [-0.3, -0.25) is 4.79 Å². The quantitative estimate of drug-likeness (QED) is 0.573. The van der Waals surface area contributed by atoms with Crippen LogP contribution in [0.25, 0.3) is 5.69 Å². The van der Waals surface area contributed by atoms with Gasteiger partial charge in [-0.25, -0.2) is 9.82 Å². The van der Waals surface area contributed by atoms with E-state index in [1.807, 2.05) is 24.3 Å². The number of nitrogens with one attached hydrogen (secondary N) is 1. The standard InChI is InChI=1S/C19H16FN3O2/c1-25-17-10-4-14(5-11-17)13-21-22-19(24)18-3-2-12-23(18)16-8-6-15(20)7-9-16/h2-13H,1H3,(H,22,24)/b21-13+. The molecule has 3 rings (SSSR count). The molecule has 126 valence electrons. The van der Waals surface area contributed by atoms with Gasteiger partial charge in [0.1, 0.15) is 17.3 Å². The maximum atomic E-state index is 13.0. The molecule has 0 fully saturated rings. The van der Waals surface area contributed by atoms with Crippen molar-refractivity contribution in [1.82, 2.24) is 9.99 Å². The average molecular weight is 337 g/mol. The molecule has 1 amide bonds. The lowest BCUT2D eigenvalue weighted by Gasteiger charge is -2.08. The molecular formula is C19H16FN3O2. The van der Waals surface area contributed by atoms with Crippen molar-refractivity contribution in [3.8, 4) is 11.4 Å². The first-order valence-electron chi connectivity index (χ1n) is 7.58. The summed E-state index contributed by atoms with van der Waals surface area (Å²) in [6, 6.07) is 16.6. The minimum atomic E-state index is -0.362. The molecule has 0 aliphatic heterocycles. The lowest BCUT2D eigenvalue weighted by atomic mass is 10.2. The lowest BCUT2D eigenvalue weighted by Crippen LogP contribution is -2.20. The molecule has 0 atom stereocenters. The molecular weight excluding hydrogens is 321 g/mol. The Morgan fingerprint density at radius 1 is 1.12 bits per heavy atom. The Hall–Kier alpha value is -3.41. The maximum Gasteiger partial charge on any atom is 0.288 e. The van der Waals surface area contributed by atoms with Crippen LogP contribution in [0.4, 0.5) is 4.39 Å². The van der Waals surface area contributed by atoms with Crippen LogP contribution < -0.4 is 10.2 Å². The Bertz CT molecular complexity index is 884. The molecule has 3 aromatic rings. The third-order valence-electron chi connectivity index (χ3n) is 3.58. The molecule has 0 aliphatic rings. The Morgan fingerprint density at radius 2 is 1.84 bits per heavy atom. The minimum Gasteiger partial charge on any atom is -0.497 e. The molecule has 1 N–H and O–H groups in total. The fourth-order valence-electron chi connectivity index (χ4n) is 2.31. The van der Waals surface area contributed by atoms with E-state index in [0.717, 1.165) is 11.3 Å². The van der Waals surface area contributed by atoms with E-state index in [1.54, 1.807) is 48.4 Å². The van der Waals surface area contributed by atoms with Crippen molar-refractivity contribution >= 4 is 12.1 Å². The highest BCUT2D eigenvalue weighted by molar-refractivity contribution is 5.94. The van der Waals surface area contributed by atoms with Gasteiger partial charge in [0.25, 0.3) is 5.91 Å². The molecule has 6 heteroatoms. The summed E-state index contributed by atoms with van der Waals surface area (Å²) in [6.45, 7) is 0. The normalized spacial score (nSPS) is 10.8. The Balaban J connectivity index is 1.70. The average Bonchev–Trinajstić information content (AvgIpc) is 3.13. The number of carbonyl (C=O) groups is 1. The number of nitrogens with zero attached hydrogens (tertiary/aromatic N) is 2. The molecule has 1 aromatic heterocycles. The second-order valence-corrected chi connectivity index (χ2v) is 5.21. The molecule has 25 heavy (non-hydrogen) atoms. The molecule has 0 radical (unpaired) electrons. The second kappa shape index (κ2) is 7.44. The zero-order valence-electron chi connectivity index (χ0n) is 13.5. The summed E-state index contributed by atoms with van der Waals surface area (Å²) < 4.78 is 19.8. The predicted molar refractivity (Wildman–Crippen MR) is 93.8 cm³/mol. The summed E-state index contributed by atoms with van der Waals surface area (Å²) >= 11 is 0. The van der Waals surface area contributed by atoms with Gasteiger partial charge in [0.15, 0.2) is 0 Å². The third-order valence-corrected chi connectivity index (χ3v) is 3.58. The highest BCUT2D eigenvalue weighted by atomic mass is 19.1. The van der Waals surface area contributed by atoms with Crippen LogP contribution in [0.2, 0.25) is 0 Å². The van der Waals surface area contributed by atoms with E-state index in [1.165, 1.54) is 12.1 Å². The number of carbonyl (C=O) groups excluding carboxylic acids is 1. The first-order valence-corrected chi connectivity index (χ1v) is 7.58. The first-order chi connectivity index (χ1) is 12.2. The fourth-order valence-corrected chi connectivity index (χ4v) is 2.31. The number of hydrogen-bond acceptors (Lipinski definition) is 3. The zero-order chi connectivity index (χ0) is 17.6. The number of methoxy groups -OCH3 is 1. The SMILES string of the molecule is COc1ccc(/C=N/NC(=O)c2cccn2-c2ccc(F)cc2)cc1. The van der Waals surface area contributed by atoms with Crippen LogP contribution in [-0.2, 0) is 0 Å². The number of benzene rings is 2. The van der Waals surface area contributed by atoms with Crippen molar-refractivity contribution in [2.45, 2.75) is 0 Å². The van der Waals surface area contributed by atoms with Crippen molar-refractivity contribution in [3.05, 3.63) is 83.9 Å². The molecule has 0 saturated heterocycles. The number of hydrogen-bond donors (Lipinski definition) is 1. The first kappa shape index (κ1) is 16.4. The summed E-state index contributed by atoms with van der Waals surface area (Å²) in [5.74, 6) is 0.0587. The molecule has 0 saturated carbocycles. The zero-order valence-corrected chi connectivity index (χ0v) is 13.5. The number of aromatic nitrogens is 1. The van der Waals surface area contributed by atoms with E-state index in [-0.39, 0.29) is 11.7 Å². The Kier molecular flexibility index (Phi) is 4.89. The summed E-state index contributed by atoms with van der Waals surface area (Å²) in [6.07, 6.45) is 3.28. The van der Waals surface area contributed by atoms with Crippen molar-refractivity contribution in [2.75, 3.05) is 7.11 Å². The topological polar surface area (TPSA) is 55.6 Å². The molecule has 0 unspecified atom stereocenters. The summed E-state index contributed by atoms with van der Waals surface area (Å²) in [5, 5.41) is 3.96. The number of amides is 1. The van der Waals surface area contributed by atoms with Crippen molar-refractivity contribution in [2.24, 2.45) is 5.10 Å². The molecule has 0 spiro atoms. The van der Waals surface area contributed by atoms with Crippen LogP contribution in [0.1, 0.15) is 16.1 Å². The smallest absolute Gasteiger partial charge is 0.288 e. The van der Waals surface area contributed by atoms with Gasteiger partial charge in [0.05, 0.1) is 13.3 Å². The largest absolute Gasteiger partial charge is 0.497 e. The van der Waals surface area contributed by atoms with Gasteiger partial charge in [-0.15, -0.1) is 0 Å². The lowest BCUT2D eigenvalue weighted by molar-refractivity contribution is 0.0948. The van der Waals surface area contributed by atoms with E-state index in [0.29, 0.717) is 11.4 Å². The van der Waals surface area contributed by atoms with E-state index >= 15 is 0 Å². The van der Waals surface area contributed by atoms with Crippen LogP contribution in [0.15, 0.2) is 72.0 Å². The van der Waals surface area contributed by atoms with Crippen molar-refractivity contribution < 1.29 is 13.9 Å². The maximum absolute atomic E-state index is 13.0. The van der Waals surface area contributed by atoms with Gasteiger partial charge in [-0.05, 0) is 66.2 Å². The third kappa shape index (κ3) is 3.92. The number of hydrazone groups is 1. The van der Waals surface area contributed by atoms with Gasteiger partial charge >= 0.3 is 0 Å². The van der Waals surface area contributed by atoms with Gasteiger partial charge in [0.2, 0.25) is 0 Å². The number of ether oxygens (including phenoxy) is 1. The Labute approximate surface area is 144 Å². The molecule has 1 heterocycles. The van der Waals surface area contributed by atoms with Gasteiger partial charge in [-0.1, -0.05) is 0 Å². The highest BCUT2D eigenvalue weighted by Crippen LogP contribution is 2.13. The number of halogens is 1. The van der Waals surface area contributed by atoms with Gasteiger partial charge < -0.3 is 9.30 Å². The highest BCUT2D eigenvalue weighted by Gasteiger charge is 2.11. The van der Waals surface area contributed by atoms with Crippen LogP contribution in [0, 0.1) is 5.82 Å². The van der Waals surface area contributed by atoms with Crippen LogP contribution in [-0.4, -0.2) is 23.8 Å². The van der Waals surface area contributed by atoms with E-state index in [2.05, 4.69) is 10.5 Å². The summed E-state index contributed by atoms with van der Waals surface area (Å²) in [4.78, 5) is 12.3.